The topological polar surface area (TPSA) is 50.1 Å². The highest BCUT2D eigenvalue weighted by atomic mass is 35.5. The molecule has 0 bridgehead atoms. The summed E-state index contributed by atoms with van der Waals surface area (Å²) in [6.45, 7) is 1.74. The lowest BCUT2D eigenvalue weighted by atomic mass is 9.99. The SMILES string of the molecule is COc1ccc(C#N)c(C(=O)CCl)c1C. The summed E-state index contributed by atoms with van der Waals surface area (Å²) in [5.41, 5.74) is 1.34. The molecule has 0 spiro atoms. The minimum Gasteiger partial charge on any atom is -0.496 e. The Balaban J connectivity index is 3.44. The van der Waals surface area contributed by atoms with E-state index in [0.29, 0.717) is 22.4 Å². The van der Waals surface area contributed by atoms with E-state index in [4.69, 9.17) is 21.6 Å². The molecule has 0 saturated carbocycles. The molecular weight excluding hydrogens is 214 g/mol. The summed E-state index contributed by atoms with van der Waals surface area (Å²) in [6.07, 6.45) is 0. The number of carbonyl (C=O) groups excluding carboxylic acids is 1. The molecule has 0 aliphatic carbocycles. The summed E-state index contributed by atoms with van der Waals surface area (Å²) in [5.74, 6) is 0.190. The van der Waals surface area contributed by atoms with Gasteiger partial charge in [-0.05, 0) is 19.1 Å². The number of benzene rings is 1. The molecule has 4 heteroatoms. The number of ether oxygens (including phenoxy) is 1. The first kappa shape index (κ1) is 11.5. The second-order valence-electron chi connectivity index (χ2n) is 2.98. The Morgan fingerprint density at radius 2 is 2.27 bits per heavy atom. The Morgan fingerprint density at radius 3 is 2.73 bits per heavy atom. The maximum Gasteiger partial charge on any atom is 0.179 e. The summed E-state index contributed by atoms with van der Waals surface area (Å²) >= 11 is 5.48. The molecule has 0 aliphatic rings. The Morgan fingerprint density at radius 1 is 1.60 bits per heavy atom. The second kappa shape index (κ2) is 4.81. The van der Waals surface area contributed by atoms with E-state index in [2.05, 4.69) is 0 Å². The maximum atomic E-state index is 11.5. The van der Waals surface area contributed by atoms with Crippen molar-refractivity contribution in [1.82, 2.24) is 0 Å². The van der Waals surface area contributed by atoms with E-state index in [9.17, 15) is 4.79 Å². The summed E-state index contributed by atoms with van der Waals surface area (Å²) in [4.78, 5) is 11.5. The first-order valence-corrected chi connectivity index (χ1v) is 4.86. The summed E-state index contributed by atoms with van der Waals surface area (Å²) in [7, 11) is 1.52. The van der Waals surface area contributed by atoms with Gasteiger partial charge < -0.3 is 4.74 Å². The minimum absolute atomic E-state index is 0.136. The number of ketones is 1. The van der Waals surface area contributed by atoms with Gasteiger partial charge in [-0.1, -0.05) is 0 Å². The summed E-state index contributed by atoms with van der Waals surface area (Å²) in [5, 5.41) is 8.86. The van der Waals surface area contributed by atoms with Gasteiger partial charge in [0.15, 0.2) is 5.78 Å². The lowest BCUT2D eigenvalue weighted by Gasteiger charge is -2.09. The van der Waals surface area contributed by atoms with E-state index in [1.54, 1.807) is 19.1 Å². The van der Waals surface area contributed by atoms with Crippen molar-refractivity contribution in [2.75, 3.05) is 13.0 Å². The van der Waals surface area contributed by atoms with E-state index in [0.717, 1.165) is 0 Å². The molecule has 0 heterocycles. The van der Waals surface area contributed by atoms with E-state index >= 15 is 0 Å². The number of rotatable bonds is 3. The molecule has 0 aromatic heterocycles. The molecule has 78 valence electrons. The smallest absolute Gasteiger partial charge is 0.179 e. The molecule has 1 aromatic carbocycles. The van der Waals surface area contributed by atoms with Crippen molar-refractivity contribution in [3.8, 4) is 11.8 Å². The molecule has 0 saturated heterocycles. The van der Waals surface area contributed by atoms with Crippen molar-refractivity contribution in [2.24, 2.45) is 0 Å². The van der Waals surface area contributed by atoms with Gasteiger partial charge in [-0.25, -0.2) is 0 Å². The van der Waals surface area contributed by atoms with E-state index < -0.39 is 0 Å². The number of Topliss-reactive ketones (excluding diaryl/α,β-unsaturated/α-hetero) is 1. The van der Waals surface area contributed by atoms with Gasteiger partial charge in [0.05, 0.1) is 24.6 Å². The molecule has 15 heavy (non-hydrogen) atoms. The third-order valence-electron chi connectivity index (χ3n) is 2.16. The number of nitrogens with zero attached hydrogens (tertiary/aromatic N) is 1. The number of methoxy groups -OCH3 is 1. The van der Waals surface area contributed by atoms with Gasteiger partial charge in [-0.15, -0.1) is 11.6 Å². The van der Waals surface area contributed by atoms with E-state index in [-0.39, 0.29) is 11.7 Å². The zero-order valence-corrected chi connectivity index (χ0v) is 9.26. The van der Waals surface area contributed by atoms with Crippen LogP contribution in [0.25, 0.3) is 0 Å². The van der Waals surface area contributed by atoms with Gasteiger partial charge in [-0.2, -0.15) is 5.26 Å². The van der Waals surface area contributed by atoms with Gasteiger partial charge in [0.25, 0.3) is 0 Å². The standard InChI is InChI=1S/C11H10ClNO2/c1-7-10(15-2)4-3-8(6-13)11(7)9(14)5-12/h3-4H,5H2,1-2H3. The molecule has 3 nitrogen and oxygen atoms in total. The van der Waals surface area contributed by atoms with Gasteiger partial charge in [0, 0.05) is 11.1 Å². The van der Waals surface area contributed by atoms with Crippen LogP contribution >= 0.6 is 11.6 Å². The maximum absolute atomic E-state index is 11.5. The number of halogens is 1. The minimum atomic E-state index is -0.260. The molecule has 0 aliphatic heterocycles. The lowest BCUT2D eigenvalue weighted by Crippen LogP contribution is -2.07. The molecule has 0 radical (unpaired) electrons. The highest BCUT2D eigenvalue weighted by molar-refractivity contribution is 6.31. The van der Waals surface area contributed by atoms with Crippen LogP contribution in [-0.2, 0) is 0 Å². The van der Waals surface area contributed by atoms with Gasteiger partial charge >= 0.3 is 0 Å². The molecule has 0 N–H and O–H groups in total. The van der Waals surface area contributed by atoms with Crippen molar-refractivity contribution in [3.63, 3.8) is 0 Å². The molecule has 0 unspecified atom stereocenters. The van der Waals surface area contributed by atoms with Gasteiger partial charge in [0.2, 0.25) is 0 Å². The summed E-state index contributed by atoms with van der Waals surface area (Å²) < 4.78 is 5.08. The first-order chi connectivity index (χ1) is 7.15. The molecule has 0 fully saturated rings. The normalized spacial score (nSPS) is 9.47. The van der Waals surface area contributed by atoms with Crippen LogP contribution < -0.4 is 4.74 Å². The van der Waals surface area contributed by atoms with Crippen LogP contribution in [0, 0.1) is 18.3 Å². The largest absolute Gasteiger partial charge is 0.496 e. The average Bonchev–Trinajstić information content (AvgIpc) is 2.27. The number of carbonyl (C=O) groups is 1. The zero-order chi connectivity index (χ0) is 11.4. The highest BCUT2D eigenvalue weighted by Gasteiger charge is 2.16. The predicted octanol–water partition coefficient (Wildman–Crippen LogP) is 2.30. The fourth-order valence-corrected chi connectivity index (χ4v) is 1.57. The molecular formula is C11H10ClNO2. The van der Waals surface area contributed by atoms with Crippen LogP contribution in [0.1, 0.15) is 21.5 Å². The van der Waals surface area contributed by atoms with Crippen LogP contribution in [0.2, 0.25) is 0 Å². The van der Waals surface area contributed by atoms with Crippen molar-refractivity contribution in [2.45, 2.75) is 6.92 Å². The fraction of sp³-hybridized carbons (Fsp3) is 0.273. The number of alkyl halides is 1. The van der Waals surface area contributed by atoms with Crippen LogP contribution in [0.5, 0.6) is 5.75 Å². The van der Waals surface area contributed by atoms with E-state index in [1.165, 1.54) is 7.11 Å². The van der Waals surface area contributed by atoms with Crippen molar-refractivity contribution < 1.29 is 9.53 Å². The Bertz CT molecular complexity index is 435. The number of hydrogen-bond donors (Lipinski definition) is 0. The average molecular weight is 224 g/mol. The van der Waals surface area contributed by atoms with Crippen LogP contribution in [0.15, 0.2) is 12.1 Å². The van der Waals surface area contributed by atoms with Crippen molar-refractivity contribution in [3.05, 3.63) is 28.8 Å². The van der Waals surface area contributed by atoms with Gasteiger partial charge in [0.1, 0.15) is 5.75 Å². The van der Waals surface area contributed by atoms with Crippen molar-refractivity contribution in [1.29, 1.82) is 5.26 Å². The molecule has 0 amide bonds. The molecule has 0 atom stereocenters. The van der Waals surface area contributed by atoms with Crippen molar-refractivity contribution >= 4 is 17.4 Å². The lowest BCUT2D eigenvalue weighted by molar-refractivity contribution is 0.102. The molecule has 1 rings (SSSR count). The fourth-order valence-electron chi connectivity index (χ4n) is 1.43. The Kier molecular flexibility index (Phi) is 3.70. The molecule has 1 aromatic rings. The number of nitriles is 1. The van der Waals surface area contributed by atoms with Gasteiger partial charge in [-0.3, -0.25) is 4.79 Å². The quantitative estimate of drug-likeness (QED) is 0.584. The summed E-state index contributed by atoms with van der Waals surface area (Å²) in [6, 6.07) is 5.19. The van der Waals surface area contributed by atoms with Crippen LogP contribution in [0.4, 0.5) is 0 Å². The van der Waals surface area contributed by atoms with Crippen LogP contribution in [0.3, 0.4) is 0 Å². The predicted molar refractivity (Wildman–Crippen MR) is 57.5 cm³/mol. The zero-order valence-electron chi connectivity index (χ0n) is 8.50. The first-order valence-electron chi connectivity index (χ1n) is 4.32. The third kappa shape index (κ3) is 2.11. The monoisotopic (exact) mass is 223 g/mol. The highest BCUT2D eigenvalue weighted by Crippen LogP contribution is 2.24. The second-order valence-corrected chi connectivity index (χ2v) is 3.25. The van der Waals surface area contributed by atoms with Crippen LogP contribution in [-0.4, -0.2) is 18.8 Å². The Labute approximate surface area is 93.2 Å². The van der Waals surface area contributed by atoms with E-state index in [1.807, 2.05) is 6.07 Å². The Hall–Kier alpha value is -1.53. The third-order valence-corrected chi connectivity index (χ3v) is 2.40. The number of hydrogen-bond acceptors (Lipinski definition) is 3.